The average Bonchev–Trinajstić information content (AvgIpc) is 2.63. The largest absolute Gasteiger partial charge is 0.484 e. The molecule has 1 aromatic carbocycles. The van der Waals surface area contributed by atoms with Gasteiger partial charge in [0.05, 0.1) is 4.47 Å². The van der Waals surface area contributed by atoms with E-state index in [1.165, 1.54) is 5.56 Å². The number of benzene rings is 1. The number of furan rings is 1. The number of hydrogen-bond donors (Lipinski definition) is 0. The Hall–Kier alpha value is -1.22. The topological polar surface area (TPSA) is 22.4 Å². The lowest BCUT2D eigenvalue weighted by molar-refractivity contribution is 0.266. The van der Waals surface area contributed by atoms with E-state index in [2.05, 4.69) is 15.9 Å². The van der Waals surface area contributed by atoms with E-state index in [1.54, 1.807) is 0 Å². The van der Waals surface area contributed by atoms with Crippen LogP contribution in [0.1, 0.15) is 17.1 Å². The van der Waals surface area contributed by atoms with Crippen LogP contribution in [-0.2, 0) is 6.61 Å². The van der Waals surface area contributed by atoms with Gasteiger partial charge < -0.3 is 9.15 Å². The number of aryl methyl sites for hydroxylation is 2. The van der Waals surface area contributed by atoms with Crippen molar-refractivity contribution < 1.29 is 9.15 Å². The molecule has 0 aliphatic rings. The maximum atomic E-state index is 5.65. The van der Waals surface area contributed by atoms with Crippen LogP contribution < -0.4 is 4.74 Å². The summed E-state index contributed by atoms with van der Waals surface area (Å²) in [5.74, 6) is 2.58. The molecule has 3 heteroatoms. The molecule has 2 aromatic rings. The van der Waals surface area contributed by atoms with Crippen LogP contribution >= 0.6 is 15.9 Å². The summed E-state index contributed by atoms with van der Waals surface area (Å²) in [6.07, 6.45) is 0. The maximum absolute atomic E-state index is 5.65. The first kappa shape index (κ1) is 11.3. The fraction of sp³-hybridized carbons (Fsp3) is 0.231. The molecule has 0 unspecified atom stereocenters. The third kappa shape index (κ3) is 2.67. The Bertz CT molecular complexity index is 488. The van der Waals surface area contributed by atoms with Gasteiger partial charge in [0.25, 0.3) is 0 Å². The molecule has 0 aliphatic heterocycles. The summed E-state index contributed by atoms with van der Waals surface area (Å²) in [6.45, 7) is 4.42. The van der Waals surface area contributed by atoms with Gasteiger partial charge >= 0.3 is 0 Å². The summed E-state index contributed by atoms with van der Waals surface area (Å²) in [7, 11) is 0. The summed E-state index contributed by atoms with van der Waals surface area (Å²) >= 11 is 3.47. The third-order valence-electron chi connectivity index (χ3n) is 2.25. The Kier molecular flexibility index (Phi) is 3.34. The van der Waals surface area contributed by atoms with E-state index in [-0.39, 0.29) is 0 Å². The van der Waals surface area contributed by atoms with Crippen molar-refractivity contribution >= 4 is 15.9 Å². The number of ether oxygens (including phenoxy) is 1. The Morgan fingerprint density at radius 2 is 2.00 bits per heavy atom. The molecule has 0 amide bonds. The van der Waals surface area contributed by atoms with Crippen LogP contribution in [0.25, 0.3) is 0 Å². The molecule has 0 radical (unpaired) electrons. The van der Waals surface area contributed by atoms with Gasteiger partial charge in [-0.25, -0.2) is 0 Å². The molecule has 0 fully saturated rings. The Morgan fingerprint density at radius 1 is 1.19 bits per heavy atom. The predicted octanol–water partition coefficient (Wildman–Crippen LogP) is 4.24. The van der Waals surface area contributed by atoms with Crippen molar-refractivity contribution in [2.24, 2.45) is 0 Å². The molecule has 0 spiro atoms. The highest BCUT2D eigenvalue weighted by molar-refractivity contribution is 9.10. The quantitative estimate of drug-likeness (QED) is 0.839. The molecular weight excluding hydrogens is 268 g/mol. The van der Waals surface area contributed by atoms with E-state index in [0.29, 0.717) is 6.61 Å². The summed E-state index contributed by atoms with van der Waals surface area (Å²) in [6, 6.07) is 9.87. The van der Waals surface area contributed by atoms with E-state index in [4.69, 9.17) is 9.15 Å². The van der Waals surface area contributed by atoms with Crippen LogP contribution in [0.3, 0.4) is 0 Å². The number of rotatable bonds is 3. The molecule has 0 N–H and O–H groups in total. The van der Waals surface area contributed by atoms with Gasteiger partial charge in [-0.15, -0.1) is 0 Å². The van der Waals surface area contributed by atoms with Crippen molar-refractivity contribution in [2.45, 2.75) is 20.5 Å². The SMILES string of the molecule is Cc1ccc(OCc2ccc(C)o2)c(Br)c1. The fourth-order valence-electron chi connectivity index (χ4n) is 1.43. The monoisotopic (exact) mass is 280 g/mol. The molecule has 0 bridgehead atoms. The van der Waals surface area contributed by atoms with Gasteiger partial charge in [0.2, 0.25) is 0 Å². The van der Waals surface area contributed by atoms with E-state index in [0.717, 1.165) is 21.7 Å². The number of halogens is 1. The molecule has 2 nitrogen and oxygen atoms in total. The van der Waals surface area contributed by atoms with Gasteiger partial charge in [-0.05, 0) is 59.6 Å². The molecule has 1 heterocycles. The van der Waals surface area contributed by atoms with Crippen LogP contribution in [0.2, 0.25) is 0 Å². The van der Waals surface area contributed by atoms with Crippen molar-refractivity contribution in [2.75, 3.05) is 0 Å². The van der Waals surface area contributed by atoms with Crippen LogP contribution in [0.15, 0.2) is 39.2 Å². The van der Waals surface area contributed by atoms with Crippen molar-refractivity contribution in [1.29, 1.82) is 0 Å². The smallest absolute Gasteiger partial charge is 0.146 e. The molecule has 16 heavy (non-hydrogen) atoms. The van der Waals surface area contributed by atoms with Crippen molar-refractivity contribution in [3.8, 4) is 5.75 Å². The second-order valence-electron chi connectivity index (χ2n) is 3.73. The lowest BCUT2D eigenvalue weighted by atomic mass is 10.2. The minimum Gasteiger partial charge on any atom is -0.484 e. The van der Waals surface area contributed by atoms with Gasteiger partial charge in [-0.1, -0.05) is 6.07 Å². The molecular formula is C13H13BrO2. The third-order valence-corrected chi connectivity index (χ3v) is 2.87. The molecule has 2 rings (SSSR count). The van der Waals surface area contributed by atoms with Crippen LogP contribution in [0, 0.1) is 13.8 Å². The van der Waals surface area contributed by atoms with E-state index < -0.39 is 0 Å². The summed E-state index contributed by atoms with van der Waals surface area (Å²) in [4.78, 5) is 0. The first-order valence-corrected chi connectivity index (χ1v) is 5.89. The maximum Gasteiger partial charge on any atom is 0.146 e. The van der Waals surface area contributed by atoms with Gasteiger partial charge in [-0.2, -0.15) is 0 Å². The van der Waals surface area contributed by atoms with E-state index in [1.807, 2.05) is 44.2 Å². The first-order chi connectivity index (χ1) is 7.65. The standard InChI is InChI=1S/C13H13BrO2/c1-9-3-6-13(12(14)7-9)15-8-11-5-4-10(2)16-11/h3-7H,8H2,1-2H3. The summed E-state index contributed by atoms with van der Waals surface area (Å²) in [5, 5.41) is 0. The summed E-state index contributed by atoms with van der Waals surface area (Å²) < 4.78 is 12.0. The minimum absolute atomic E-state index is 0.454. The lowest BCUT2D eigenvalue weighted by Crippen LogP contribution is -1.94. The Balaban J connectivity index is 2.04. The van der Waals surface area contributed by atoms with Gasteiger partial charge in [0, 0.05) is 0 Å². The Morgan fingerprint density at radius 3 is 2.62 bits per heavy atom. The highest BCUT2D eigenvalue weighted by Gasteiger charge is 2.03. The Labute approximate surface area is 103 Å². The van der Waals surface area contributed by atoms with E-state index in [9.17, 15) is 0 Å². The molecule has 0 saturated heterocycles. The van der Waals surface area contributed by atoms with Crippen molar-refractivity contribution in [3.63, 3.8) is 0 Å². The zero-order valence-corrected chi connectivity index (χ0v) is 10.9. The summed E-state index contributed by atoms with van der Waals surface area (Å²) in [5.41, 5.74) is 1.20. The second-order valence-corrected chi connectivity index (χ2v) is 4.59. The molecule has 0 saturated carbocycles. The molecule has 1 aromatic heterocycles. The highest BCUT2D eigenvalue weighted by Crippen LogP contribution is 2.26. The zero-order chi connectivity index (χ0) is 11.5. The van der Waals surface area contributed by atoms with Gasteiger partial charge in [-0.3, -0.25) is 0 Å². The molecule has 84 valence electrons. The lowest BCUT2D eigenvalue weighted by Gasteiger charge is -2.07. The van der Waals surface area contributed by atoms with Crippen molar-refractivity contribution in [1.82, 2.24) is 0 Å². The van der Waals surface area contributed by atoms with Crippen LogP contribution in [-0.4, -0.2) is 0 Å². The molecule has 0 aliphatic carbocycles. The number of hydrogen-bond acceptors (Lipinski definition) is 2. The zero-order valence-electron chi connectivity index (χ0n) is 9.29. The second kappa shape index (κ2) is 4.74. The normalized spacial score (nSPS) is 10.4. The van der Waals surface area contributed by atoms with Gasteiger partial charge in [0.1, 0.15) is 23.9 Å². The predicted molar refractivity (Wildman–Crippen MR) is 66.7 cm³/mol. The highest BCUT2D eigenvalue weighted by atomic mass is 79.9. The van der Waals surface area contributed by atoms with E-state index >= 15 is 0 Å². The van der Waals surface area contributed by atoms with Crippen LogP contribution in [0.4, 0.5) is 0 Å². The van der Waals surface area contributed by atoms with Crippen LogP contribution in [0.5, 0.6) is 5.75 Å². The minimum atomic E-state index is 0.454. The fourth-order valence-corrected chi connectivity index (χ4v) is 2.04. The van der Waals surface area contributed by atoms with Gasteiger partial charge in [0.15, 0.2) is 0 Å². The van der Waals surface area contributed by atoms with Crippen molar-refractivity contribution in [3.05, 3.63) is 51.9 Å². The first-order valence-electron chi connectivity index (χ1n) is 5.09. The molecule has 0 atom stereocenters. The average molecular weight is 281 g/mol.